The Morgan fingerprint density at radius 3 is 2.84 bits per heavy atom. The molecule has 0 saturated carbocycles. The highest BCUT2D eigenvalue weighted by atomic mass is 16.3. The van der Waals surface area contributed by atoms with Gasteiger partial charge in [-0.3, -0.25) is 4.98 Å². The monoisotopic (exact) mass is 256 g/mol. The number of aromatic hydroxyl groups is 1. The summed E-state index contributed by atoms with van der Waals surface area (Å²) in [6.45, 7) is 4.77. The molecular formula is C14H16N4O. The smallest absolute Gasteiger partial charge is 0.145 e. The zero-order valence-electron chi connectivity index (χ0n) is 11.0. The van der Waals surface area contributed by atoms with Crippen molar-refractivity contribution in [1.29, 1.82) is 0 Å². The maximum atomic E-state index is 9.91. The Morgan fingerprint density at radius 1 is 1.32 bits per heavy atom. The van der Waals surface area contributed by atoms with Crippen LogP contribution in [-0.4, -0.2) is 16.6 Å². The van der Waals surface area contributed by atoms with Gasteiger partial charge in [-0.05, 0) is 37.6 Å². The molecule has 2 rings (SSSR count). The van der Waals surface area contributed by atoms with Crippen LogP contribution in [0.4, 0.5) is 17.1 Å². The molecule has 0 aliphatic heterocycles. The van der Waals surface area contributed by atoms with Gasteiger partial charge in [0.05, 0.1) is 6.20 Å². The first kappa shape index (κ1) is 13.0. The van der Waals surface area contributed by atoms with Crippen molar-refractivity contribution in [2.45, 2.75) is 13.8 Å². The molecule has 5 heteroatoms. The molecule has 0 saturated heterocycles. The summed E-state index contributed by atoms with van der Waals surface area (Å²) in [7, 11) is 0. The van der Waals surface area contributed by atoms with Crippen LogP contribution in [0.2, 0.25) is 0 Å². The number of azo groups is 1. The largest absolute Gasteiger partial charge is 0.506 e. The van der Waals surface area contributed by atoms with Crippen LogP contribution in [0.15, 0.2) is 46.9 Å². The van der Waals surface area contributed by atoms with Crippen molar-refractivity contribution in [3.8, 4) is 5.75 Å². The first-order chi connectivity index (χ1) is 9.20. The maximum Gasteiger partial charge on any atom is 0.145 e. The molecule has 0 amide bonds. The van der Waals surface area contributed by atoms with Crippen LogP contribution in [-0.2, 0) is 0 Å². The maximum absolute atomic E-state index is 9.91. The van der Waals surface area contributed by atoms with Gasteiger partial charge >= 0.3 is 0 Å². The van der Waals surface area contributed by atoms with E-state index < -0.39 is 0 Å². The topological polar surface area (TPSA) is 69.9 Å². The van der Waals surface area contributed by atoms with Crippen LogP contribution in [0.3, 0.4) is 0 Å². The lowest BCUT2D eigenvalue weighted by molar-refractivity contribution is 0.476. The van der Waals surface area contributed by atoms with Gasteiger partial charge < -0.3 is 10.4 Å². The molecule has 0 fully saturated rings. The van der Waals surface area contributed by atoms with Gasteiger partial charge in [0, 0.05) is 24.5 Å². The highest BCUT2D eigenvalue weighted by Crippen LogP contribution is 2.33. The molecule has 0 unspecified atom stereocenters. The fraction of sp³-hybridized carbons (Fsp3) is 0.214. The van der Waals surface area contributed by atoms with Gasteiger partial charge in [-0.15, -0.1) is 10.2 Å². The molecule has 5 nitrogen and oxygen atoms in total. The molecule has 0 aliphatic carbocycles. The Balaban J connectivity index is 2.26. The highest BCUT2D eigenvalue weighted by molar-refractivity contribution is 5.64. The molecule has 2 aromatic rings. The molecule has 0 atom stereocenters. The molecule has 2 N–H and O–H groups in total. The van der Waals surface area contributed by atoms with Gasteiger partial charge in [0.2, 0.25) is 0 Å². The molecule has 0 spiro atoms. The predicted octanol–water partition coefficient (Wildman–Crippen LogP) is 3.94. The van der Waals surface area contributed by atoms with Crippen molar-refractivity contribution in [3.05, 3.63) is 42.2 Å². The van der Waals surface area contributed by atoms with E-state index >= 15 is 0 Å². The summed E-state index contributed by atoms with van der Waals surface area (Å²) in [5.41, 5.74) is 3.01. The molecule has 19 heavy (non-hydrogen) atoms. The van der Waals surface area contributed by atoms with E-state index in [1.54, 1.807) is 36.7 Å². The third kappa shape index (κ3) is 3.28. The van der Waals surface area contributed by atoms with Gasteiger partial charge in [0.25, 0.3) is 0 Å². The lowest BCUT2D eigenvalue weighted by Crippen LogP contribution is -1.98. The number of rotatable bonds is 4. The number of anilines is 1. The number of aromatic nitrogens is 1. The summed E-state index contributed by atoms with van der Waals surface area (Å²) in [4.78, 5) is 3.95. The van der Waals surface area contributed by atoms with Gasteiger partial charge in [-0.25, -0.2) is 0 Å². The Morgan fingerprint density at radius 2 is 2.16 bits per heavy atom. The van der Waals surface area contributed by atoms with Crippen LogP contribution >= 0.6 is 0 Å². The van der Waals surface area contributed by atoms with Gasteiger partial charge in [0.15, 0.2) is 0 Å². The number of phenols is 1. The van der Waals surface area contributed by atoms with E-state index in [4.69, 9.17) is 0 Å². The average Bonchev–Trinajstić information content (AvgIpc) is 2.42. The van der Waals surface area contributed by atoms with Crippen molar-refractivity contribution in [3.63, 3.8) is 0 Å². The van der Waals surface area contributed by atoms with Crippen molar-refractivity contribution in [2.24, 2.45) is 10.2 Å². The fourth-order valence-electron chi connectivity index (χ4n) is 1.67. The van der Waals surface area contributed by atoms with Crippen molar-refractivity contribution in [1.82, 2.24) is 4.98 Å². The molecule has 0 bridgehead atoms. The lowest BCUT2D eigenvalue weighted by Gasteiger charge is -2.09. The molecule has 98 valence electrons. The summed E-state index contributed by atoms with van der Waals surface area (Å²) in [5.74, 6) is 0.106. The number of hydrogen-bond acceptors (Lipinski definition) is 5. The second-order valence-corrected chi connectivity index (χ2v) is 4.10. The number of aryl methyl sites for hydroxylation is 1. The number of nitrogens with one attached hydrogen (secondary N) is 1. The van der Waals surface area contributed by atoms with E-state index in [0.29, 0.717) is 11.4 Å². The molecule has 0 radical (unpaired) electrons. The summed E-state index contributed by atoms with van der Waals surface area (Å²) < 4.78 is 0. The minimum atomic E-state index is 0.106. The third-order valence-electron chi connectivity index (χ3n) is 2.61. The zero-order valence-corrected chi connectivity index (χ0v) is 11.0. The molecule has 1 heterocycles. The second kappa shape index (κ2) is 5.95. The Bertz CT molecular complexity index is 581. The SMILES string of the molecule is CCNc1cc(O)c(/N=N/c2cccnc2)cc1C. The van der Waals surface area contributed by atoms with Crippen molar-refractivity contribution >= 4 is 17.1 Å². The number of hydrogen-bond donors (Lipinski definition) is 2. The number of nitrogens with zero attached hydrogens (tertiary/aromatic N) is 3. The van der Waals surface area contributed by atoms with Crippen molar-refractivity contribution in [2.75, 3.05) is 11.9 Å². The number of benzene rings is 1. The minimum Gasteiger partial charge on any atom is -0.506 e. The van der Waals surface area contributed by atoms with E-state index in [1.807, 2.05) is 13.8 Å². The average molecular weight is 256 g/mol. The Kier molecular flexibility index (Phi) is 4.07. The highest BCUT2D eigenvalue weighted by Gasteiger charge is 2.05. The molecule has 0 aliphatic rings. The van der Waals surface area contributed by atoms with Crippen LogP contribution in [0.1, 0.15) is 12.5 Å². The third-order valence-corrected chi connectivity index (χ3v) is 2.61. The summed E-state index contributed by atoms with van der Waals surface area (Å²) in [6, 6.07) is 7.05. The van der Waals surface area contributed by atoms with Gasteiger partial charge in [-0.2, -0.15) is 0 Å². The summed E-state index contributed by atoms with van der Waals surface area (Å²) in [5, 5.41) is 21.2. The zero-order chi connectivity index (χ0) is 13.7. The fourth-order valence-corrected chi connectivity index (χ4v) is 1.67. The first-order valence-electron chi connectivity index (χ1n) is 6.10. The quantitative estimate of drug-likeness (QED) is 0.814. The van der Waals surface area contributed by atoms with Crippen molar-refractivity contribution < 1.29 is 5.11 Å². The minimum absolute atomic E-state index is 0.106. The molecule has 1 aromatic heterocycles. The number of phenolic OH excluding ortho intramolecular Hbond substituents is 1. The second-order valence-electron chi connectivity index (χ2n) is 4.10. The standard InChI is InChI=1S/C14H16N4O/c1-3-16-12-8-14(19)13(7-10(12)2)18-17-11-5-4-6-15-9-11/h4-9,16,19H,3H2,1-2H3/b18-17+. The number of pyridine rings is 1. The Hall–Kier alpha value is -2.43. The van der Waals surface area contributed by atoms with E-state index in [-0.39, 0.29) is 5.75 Å². The van der Waals surface area contributed by atoms with Gasteiger partial charge in [-0.1, -0.05) is 0 Å². The van der Waals surface area contributed by atoms with E-state index in [1.165, 1.54) is 0 Å². The normalized spacial score (nSPS) is 10.8. The van der Waals surface area contributed by atoms with E-state index in [0.717, 1.165) is 17.8 Å². The Labute approximate surface area is 112 Å². The first-order valence-corrected chi connectivity index (χ1v) is 6.10. The lowest BCUT2D eigenvalue weighted by atomic mass is 10.1. The van der Waals surface area contributed by atoms with Crippen LogP contribution < -0.4 is 5.32 Å². The van der Waals surface area contributed by atoms with Crippen LogP contribution in [0.5, 0.6) is 5.75 Å². The molecule has 1 aromatic carbocycles. The van der Waals surface area contributed by atoms with Crippen LogP contribution in [0, 0.1) is 6.92 Å². The molecular weight excluding hydrogens is 240 g/mol. The van der Waals surface area contributed by atoms with Gasteiger partial charge in [0.1, 0.15) is 17.1 Å². The summed E-state index contributed by atoms with van der Waals surface area (Å²) >= 11 is 0. The van der Waals surface area contributed by atoms with E-state index in [2.05, 4.69) is 20.5 Å². The predicted molar refractivity (Wildman–Crippen MR) is 75.4 cm³/mol. The summed E-state index contributed by atoms with van der Waals surface area (Å²) in [6.07, 6.45) is 3.28. The van der Waals surface area contributed by atoms with E-state index in [9.17, 15) is 5.11 Å². The van der Waals surface area contributed by atoms with Crippen LogP contribution in [0.25, 0.3) is 0 Å².